The number of hydrogen-bond acceptors (Lipinski definition) is 5. The summed E-state index contributed by atoms with van der Waals surface area (Å²) in [6.45, 7) is 1.47. The molecule has 1 unspecified atom stereocenters. The largest absolute Gasteiger partial charge is 0.478 e. The minimum atomic E-state index is -1.03. The first-order valence-corrected chi connectivity index (χ1v) is 9.97. The lowest BCUT2D eigenvalue weighted by Gasteiger charge is -2.32. The van der Waals surface area contributed by atoms with Crippen LogP contribution in [0.4, 0.5) is 0 Å². The van der Waals surface area contributed by atoms with Crippen LogP contribution in [0.15, 0.2) is 24.3 Å². The molecule has 0 radical (unpaired) electrons. The molecule has 0 aliphatic carbocycles. The molecule has 2 aliphatic heterocycles. The molecule has 8 heteroatoms. The summed E-state index contributed by atoms with van der Waals surface area (Å²) in [5.74, 6) is 1.76. The molecule has 1 aromatic rings. The van der Waals surface area contributed by atoms with Crippen molar-refractivity contribution in [2.24, 2.45) is 0 Å². The van der Waals surface area contributed by atoms with Gasteiger partial charge in [0, 0.05) is 35.9 Å². The van der Waals surface area contributed by atoms with Gasteiger partial charge in [-0.1, -0.05) is 0 Å². The number of carbonyl (C=O) groups is 3. The first-order valence-electron chi connectivity index (χ1n) is 7.66. The second kappa shape index (κ2) is 7.48. The molecule has 24 heavy (non-hydrogen) atoms. The molecule has 2 fully saturated rings. The van der Waals surface area contributed by atoms with Crippen LogP contribution in [0.3, 0.4) is 0 Å². The van der Waals surface area contributed by atoms with Crippen LogP contribution < -0.4 is 0 Å². The summed E-state index contributed by atoms with van der Waals surface area (Å²) < 4.78 is 0. The number of carbonyl (C=O) groups excluding carboxylic acids is 2. The monoisotopic (exact) mass is 366 g/mol. The standard InChI is InChI=1S/C16H18N2O4S2/c19-14(11-1-3-12(4-2-11)16(21)22)18-10-24-9-13(18)15(20)17-5-7-23-8-6-17/h1-4,13H,5-10H2,(H,21,22). The number of benzene rings is 1. The van der Waals surface area contributed by atoms with Gasteiger partial charge in [-0.3, -0.25) is 9.59 Å². The predicted octanol–water partition coefficient (Wildman–Crippen LogP) is 1.48. The SMILES string of the molecule is O=C(O)c1ccc(C(=O)N2CSCC2C(=O)N2CCSCC2)cc1. The van der Waals surface area contributed by atoms with Gasteiger partial charge in [0.05, 0.1) is 11.4 Å². The van der Waals surface area contributed by atoms with Crippen molar-refractivity contribution < 1.29 is 19.5 Å². The molecule has 2 amide bonds. The van der Waals surface area contributed by atoms with E-state index in [9.17, 15) is 14.4 Å². The molecule has 0 spiro atoms. The Balaban J connectivity index is 1.73. The Labute approximate surface area is 148 Å². The highest BCUT2D eigenvalue weighted by atomic mass is 32.2. The van der Waals surface area contributed by atoms with Crippen LogP contribution in [0.5, 0.6) is 0 Å². The summed E-state index contributed by atoms with van der Waals surface area (Å²) in [5.41, 5.74) is 0.551. The molecular weight excluding hydrogens is 348 g/mol. The fourth-order valence-corrected chi connectivity index (χ4v) is 4.81. The number of nitrogens with zero attached hydrogens (tertiary/aromatic N) is 2. The maximum Gasteiger partial charge on any atom is 0.335 e. The number of hydrogen-bond donors (Lipinski definition) is 1. The van der Waals surface area contributed by atoms with E-state index >= 15 is 0 Å². The number of amides is 2. The van der Waals surface area contributed by atoms with Crippen molar-refractivity contribution in [3.05, 3.63) is 35.4 Å². The summed E-state index contributed by atoms with van der Waals surface area (Å²) >= 11 is 3.41. The van der Waals surface area contributed by atoms with Gasteiger partial charge in [-0.25, -0.2) is 4.79 Å². The summed E-state index contributed by atoms with van der Waals surface area (Å²) in [5, 5.41) is 8.93. The van der Waals surface area contributed by atoms with Crippen molar-refractivity contribution >= 4 is 41.3 Å². The topological polar surface area (TPSA) is 77.9 Å². The van der Waals surface area contributed by atoms with Gasteiger partial charge in [0.2, 0.25) is 5.91 Å². The fraction of sp³-hybridized carbons (Fsp3) is 0.438. The summed E-state index contributed by atoms with van der Waals surface area (Å²) in [6, 6.07) is 5.42. The van der Waals surface area contributed by atoms with Gasteiger partial charge in [-0.15, -0.1) is 11.8 Å². The first kappa shape index (κ1) is 17.2. The highest BCUT2D eigenvalue weighted by Crippen LogP contribution is 2.25. The van der Waals surface area contributed by atoms with Crippen molar-refractivity contribution in [1.29, 1.82) is 0 Å². The first-order chi connectivity index (χ1) is 11.6. The van der Waals surface area contributed by atoms with Crippen LogP contribution in [0, 0.1) is 0 Å². The molecule has 1 N–H and O–H groups in total. The van der Waals surface area contributed by atoms with Gasteiger partial charge in [0.15, 0.2) is 0 Å². The maximum absolute atomic E-state index is 12.7. The van der Waals surface area contributed by atoms with Gasteiger partial charge < -0.3 is 14.9 Å². The zero-order valence-electron chi connectivity index (χ0n) is 13.0. The van der Waals surface area contributed by atoms with E-state index in [1.807, 2.05) is 16.7 Å². The highest BCUT2D eigenvalue weighted by Gasteiger charge is 2.37. The van der Waals surface area contributed by atoms with Crippen molar-refractivity contribution in [1.82, 2.24) is 9.80 Å². The number of thioether (sulfide) groups is 2. The van der Waals surface area contributed by atoms with E-state index in [0.29, 0.717) is 17.2 Å². The molecule has 128 valence electrons. The Hall–Kier alpha value is -1.67. The third-order valence-electron chi connectivity index (χ3n) is 4.13. The third-order valence-corrected chi connectivity index (χ3v) is 6.08. The zero-order valence-corrected chi connectivity index (χ0v) is 14.6. The van der Waals surface area contributed by atoms with Crippen LogP contribution >= 0.6 is 23.5 Å². The van der Waals surface area contributed by atoms with E-state index in [-0.39, 0.29) is 17.4 Å². The number of carboxylic acids is 1. The van der Waals surface area contributed by atoms with Gasteiger partial charge in [0.1, 0.15) is 6.04 Å². The average Bonchev–Trinajstić information content (AvgIpc) is 3.11. The van der Waals surface area contributed by atoms with Crippen molar-refractivity contribution in [3.8, 4) is 0 Å². The lowest BCUT2D eigenvalue weighted by molar-refractivity contribution is -0.134. The molecule has 2 saturated heterocycles. The molecule has 2 aliphatic rings. The van der Waals surface area contributed by atoms with E-state index in [1.165, 1.54) is 24.3 Å². The Bertz CT molecular complexity index is 644. The molecule has 0 saturated carbocycles. The van der Waals surface area contributed by atoms with Crippen LogP contribution in [0.2, 0.25) is 0 Å². The van der Waals surface area contributed by atoms with E-state index < -0.39 is 12.0 Å². The second-order valence-corrected chi connectivity index (χ2v) is 7.84. The van der Waals surface area contributed by atoms with E-state index in [1.54, 1.807) is 16.7 Å². The zero-order chi connectivity index (χ0) is 17.1. The van der Waals surface area contributed by atoms with Crippen LogP contribution in [-0.4, -0.2) is 75.0 Å². The lowest BCUT2D eigenvalue weighted by Crippen LogP contribution is -2.51. The minimum absolute atomic E-state index is 0.0239. The molecule has 1 aromatic carbocycles. The van der Waals surface area contributed by atoms with Crippen LogP contribution in [-0.2, 0) is 4.79 Å². The third kappa shape index (κ3) is 3.54. The summed E-state index contributed by atoms with van der Waals surface area (Å²) in [6.07, 6.45) is 0. The van der Waals surface area contributed by atoms with Gasteiger partial charge >= 0.3 is 5.97 Å². The van der Waals surface area contributed by atoms with E-state index in [4.69, 9.17) is 5.11 Å². The second-order valence-electron chi connectivity index (χ2n) is 5.61. The molecule has 0 bridgehead atoms. The number of aromatic carboxylic acids is 1. The fourth-order valence-electron chi connectivity index (χ4n) is 2.76. The van der Waals surface area contributed by atoms with E-state index in [2.05, 4.69) is 0 Å². The quantitative estimate of drug-likeness (QED) is 0.873. The van der Waals surface area contributed by atoms with Gasteiger partial charge in [-0.05, 0) is 24.3 Å². The van der Waals surface area contributed by atoms with Crippen molar-refractivity contribution in [3.63, 3.8) is 0 Å². The molecule has 3 rings (SSSR count). The minimum Gasteiger partial charge on any atom is -0.478 e. The molecular formula is C16H18N2O4S2. The Morgan fingerprint density at radius 2 is 1.62 bits per heavy atom. The number of carboxylic acid groups (broad SMARTS) is 1. The van der Waals surface area contributed by atoms with Gasteiger partial charge in [0.25, 0.3) is 5.91 Å². The highest BCUT2D eigenvalue weighted by molar-refractivity contribution is 7.99. The van der Waals surface area contributed by atoms with Crippen LogP contribution in [0.25, 0.3) is 0 Å². The van der Waals surface area contributed by atoms with Crippen molar-refractivity contribution in [2.75, 3.05) is 36.2 Å². The average molecular weight is 366 g/mol. The van der Waals surface area contributed by atoms with Crippen LogP contribution in [0.1, 0.15) is 20.7 Å². The maximum atomic E-state index is 12.7. The molecule has 0 aromatic heterocycles. The molecule has 1 atom stereocenters. The summed E-state index contributed by atoms with van der Waals surface area (Å²) in [7, 11) is 0. The molecule has 2 heterocycles. The smallest absolute Gasteiger partial charge is 0.335 e. The van der Waals surface area contributed by atoms with Crippen molar-refractivity contribution in [2.45, 2.75) is 6.04 Å². The Morgan fingerprint density at radius 3 is 2.25 bits per heavy atom. The number of rotatable bonds is 3. The lowest BCUT2D eigenvalue weighted by atomic mass is 10.1. The molecule has 6 nitrogen and oxygen atoms in total. The normalized spacial score (nSPS) is 20.9. The predicted molar refractivity (Wildman–Crippen MR) is 94.6 cm³/mol. The Morgan fingerprint density at radius 1 is 1.00 bits per heavy atom. The van der Waals surface area contributed by atoms with Gasteiger partial charge in [-0.2, -0.15) is 11.8 Å². The summed E-state index contributed by atoms with van der Waals surface area (Å²) in [4.78, 5) is 39.8. The Kier molecular flexibility index (Phi) is 5.35. The van der Waals surface area contributed by atoms with E-state index in [0.717, 1.165) is 24.6 Å².